The number of hydrogen-bond donors (Lipinski definition) is 2. The lowest BCUT2D eigenvalue weighted by Gasteiger charge is -2.11. The summed E-state index contributed by atoms with van der Waals surface area (Å²) in [6, 6.07) is 5.81. The highest BCUT2D eigenvalue weighted by Gasteiger charge is 2.06. The highest BCUT2D eigenvalue weighted by atomic mass is 16.5. The van der Waals surface area contributed by atoms with Gasteiger partial charge in [-0.3, -0.25) is 9.59 Å². The van der Waals surface area contributed by atoms with E-state index in [0.717, 1.165) is 16.9 Å². The van der Waals surface area contributed by atoms with Gasteiger partial charge < -0.3 is 20.1 Å². The van der Waals surface area contributed by atoms with Gasteiger partial charge in [0, 0.05) is 13.7 Å². The third-order valence-electron chi connectivity index (χ3n) is 3.22. The average molecular weight is 308 g/mol. The standard InChI is InChI=1S/C16H24N2O4/c1-12-5-4-6-14(13(12)2)22-9-7-15(19)18-11-16(20)17-8-10-21-3/h4-6H,7-11H2,1-3H3,(H,17,20)(H,18,19). The van der Waals surface area contributed by atoms with Crippen LogP contribution in [0.2, 0.25) is 0 Å². The molecule has 0 radical (unpaired) electrons. The second-order valence-corrected chi connectivity index (χ2v) is 4.92. The number of rotatable bonds is 9. The molecule has 0 saturated heterocycles. The van der Waals surface area contributed by atoms with Gasteiger partial charge in [-0.05, 0) is 31.0 Å². The first-order valence-electron chi connectivity index (χ1n) is 7.26. The van der Waals surface area contributed by atoms with Crippen molar-refractivity contribution in [3.8, 4) is 5.75 Å². The topological polar surface area (TPSA) is 76.7 Å². The van der Waals surface area contributed by atoms with Crippen molar-refractivity contribution in [2.24, 2.45) is 0 Å². The van der Waals surface area contributed by atoms with Crippen LogP contribution in [0.4, 0.5) is 0 Å². The van der Waals surface area contributed by atoms with Gasteiger partial charge in [0.25, 0.3) is 0 Å². The maximum Gasteiger partial charge on any atom is 0.239 e. The van der Waals surface area contributed by atoms with Gasteiger partial charge in [-0.1, -0.05) is 12.1 Å². The molecular formula is C16H24N2O4. The second kappa shape index (κ2) is 9.78. The van der Waals surface area contributed by atoms with Crippen LogP contribution in [0.3, 0.4) is 0 Å². The molecule has 122 valence electrons. The maximum atomic E-state index is 11.6. The van der Waals surface area contributed by atoms with Crippen molar-refractivity contribution in [1.82, 2.24) is 10.6 Å². The molecule has 0 aliphatic carbocycles. The summed E-state index contributed by atoms with van der Waals surface area (Å²) in [7, 11) is 1.56. The van der Waals surface area contributed by atoms with Crippen LogP contribution in [-0.2, 0) is 14.3 Å². The quantitative estimate of drug-likeness (QED) is 0.666. The van der Waals surface area contributed by atoms with E-state index in [-0.39, 0.29) is 31.4 Å². The van der Waals surface area contributed by atoms with Crippen molar-refractivity contribution in [2.45, 2.75) is 20.3 Å². The van der Waals surface area contributed by atoms with Crippen LogP contribution in [0.5, 0.6) is 5.75 Å². The lowest BCUT2D eigenvalue weighted by Crippen LogP contribution is -2.38. The summed E-state index contributed by atoms with van der Waals surface area (Å²) < 4.78 is 10.4. The number of carbonyl (C=O) groups is 2. The van der Waals surface area contributed by atoms with Crippen molar-refractivity contribution in [2.75, 3.05) is 33.4 Å². The molecule has 22 heavy (non-hydrogen) atoms. The van der Waals surface area contributed by atoms with Crippen LogP contribution in [0.15, 0.2) is 18.2 Å². The van der Waals surface area contributed by atoms with E-state index < -0.39 is 0 Å². The Morgan fingerprint density at radius 3 is 2.59 bits per heavy atom. The van der Waals surface area contributed by atoms with Crippen molar-refractivity contribution < 1.29 is 19.1 Å². The highest BCUT2D eigenvalue weighted by molar-refractivity contribution is 5.84. The van der Waals surface area contributed by atoms with Crippen LogP contribution < -0.4 is 15.4 Å². The molecule has 0 unspecified atom stereocenters. The number of amides is 2. The Morgan fingerprint density at radius 2 is 1.86 bits per heavy atom. The number of methoxy groups -OCH3 is 1. The fourth-order valence-corrected chi connectivity index (χ4v) is 1.76. The first-order chi connectivity index (χ1) is 10.5. The van der Waals surface area contributed by atoms with Crippen molar-refractivity contribution in [3.63, 3.8) is 0 Å². The molecule has 0 aliphatic heterocycles. The SMILES string of the molecule is COCCNC(=O)CNC(=O)CCOc1cccc(C)c1C. The molecule has 2 amide bonds. The van der Waals surface area contributed by atoms with Gasteiger partial charge in [-0.2, -0.15) is 0 Å². The van der Waals surface area contributed by atoms with E-state index in [4.69, 9.17) is 9.47 Å². The molecular weight excluding hydrogens is 284 g/mol. The van der Waals surface area contributed by atoms with Crippen molar-refractivity contribution >= 4 is 11.8 Å². The van der Waals surface area contributed by atoms with Gasteiger partial charge in [-0.15, -0.1) is 0 Å². The number of aryl methyl sites for hydroxylation is 1. The molecule has 2 N–H and O–H groups in total. The molecule has 0 saturated carbocycles. The zero-order valence-corrected chi connectivity index (χ0v) is 13.4. The van der Waals surface area contributed by atoms with Crippen LogP contribution in [0, 0.1) is 13.8 Å². The molecule has 0 heterocycles. The minimum atomic E-state index is -0.235. The summed E-state index contributed by atoms with van der Waals surface area (Å²) in [6.45, 7) is 5.12. The fraction of sp³-hybridized carbons (Fsp3) is 0.500. The number of ether oxygens (including phenoxy) is 2. The molecule has 0 aromatic heterocycles. The molecule has 6 nitrogen and oxygen atoms in total. The number of carbonyl (C=O) groups excluding carboxylic acids is 2. The van der Waals surface area contributed by atoms with Gasteiger partial charge in [0.2, 0.25) is 11.8 Å². The predicted molar refractivity (Wildman–Crippen MR) is 83.9 cm³/mol. The Balaban J connectivity index is 2.21. The molecule has 0 bridgehead atoms. The van der Waals surface area contributed by atoms with E-state index in [1.165, 1.54) is 0 Å². The third-order valence-corrected chi connectivity index (χ3v) is 3.22. The summed E-state index contributed by atoms with van der Waals surface area (Å²) in [5, 5.41) is 5.17. The molecule has 6 heteroatoms. The Bertz CT molecular complexity index is 503. The van der Waals surface area contributed by atoms with Crippen molar-refractivity contribution in [1.29, 1.82) is 0 Å². The van der Waals surface area contributed by atoms with Gasteiger partial charge in [-0.25, -0.2) is 0 Å². The van der Waals surface area contributed by atoms with E-state index in [2.05, 4.69) is 10.6 Å². The van der Waals surface area contributed by atoms with Crippen LogP contribution >= 0.6 is 0 Å². The van der Waals surface area contributed by atoms with Crippen LogP contribution in [0.1, 0.15) is 17.5 Å². The first-order valence-corrected chi connectivity index (χ1v) is 7.26. The van der Waals surface area contributed by atoms with E-state index in [1.807, 2.05) is 32.0 Å². The Labute approximate surface area is 131 Å². The Morgan fingerprint density at radius 1 is 1.09 bits per heavy atom. The van der Waals surface area contributed by atoms with Gasteiger partial charge in [0.05, 0.1) is 26.2 Å². The number of benzene rings is 1. The normalized spacial score (nSPS) is 10.1. The predicted octanol–water partition coefficient (Wildman–Crippen LogP) is 0.951. The van der Waals surface area contributed by atoms with Crippen LogP contribution in [0.25, 0.3) is 0 Å². The van der Waals surface area contributed by atoms with Crippen LogP contribution in [-0.4, -0.2) is 45.2 Å². The summed E-state index contributed by atoms with van der Waals surface area (Å²) in [6.07, 6.45) is 0.207. The third kappa shape index (κ3) is 6.58. The zero-order valence-electron chi connectivity index (χ0n) is 13.4. The van der Waals surface area contributed by atoms with E-state index in [9.17, 15) is 9.59 Å². The smallest absolute Gasteiger partial charge is 0.239 e. The monoisotopic (exact) mass is 308 g/mol. The molecule has 0 spiro atoms. The van der Waals surface area contributed by atoms with Gasteiger partial charge in [0.15, 0.2) is 0 Å². The Hall–Kier alpha value is -2.08. The van der Waals surface area contributed by atoms with Gasteiger partial charge >= 0.3 is 0 Å². The van der Waals surface area contributed by atoms with E-state index >= 15 is 0 Å². The van der Waals surface area contributed by atoms with E-state index in [0.29, 0.717) is 13.2 Å². The lowest BCUT2D eigenvalue weighted by atomic mass is 10.1. The molecule has 1 rings (SSSR count). The highest BCUT2D eigenvalue weighted by Crippen LogP contribution is 2.20. The van der Waals surface area contributed by atoms with E-state index in [1.54, 1.807) is 7.11 Å². The van der Waals surface area contributed by atoms with Gasteiger partial charge in [0.1, 0.15) is 5.75 Å². The fourth-order valence-electron chi connectivity index (χ4n) is 1.76. The first kappa shape index (κ1) is 18.0. The largest absolute Gasteiger partial charge is 0.493 e. The molecule has 0 aliphatic rings. The molecule has 0 atom stereocenters. The molecule has 1 aromatic carbocycles. The summed E-state index contributed by atoms with van der Waals surface area (Å²) >= 11 is 0. The summed E-state index contributed by atoms with van der Waals surface area (Å²) in [5.41, 5.74) is 2.22. The lowest BCUT2D eigenvalue weighted by molar-refractivity contribution is -0.126. The summed E-state index contributed by atoms with van der Waals surface area (Å²) in [4.78, 5) is 23.0. The zero-order chi connectivity index (χ0) is 16.4. The number of nitrogens with one attached hydrogen (secondary N) is 2. The molecule has 0 fully saturated rings. The average Bonchev–Trinajstić information content (AvgIpc) is 2.50. The minimum Gasteiger partial charge on any atom is -0.493 e. The second-order valence-electron chi connectivity index (χ2n) is 4.92. The minimum absolute atomic E-state index is 0.0357. The maximum absolute atomic E-state index is 11.6. The molecule has 1 aromatic rings. The number of hydrogen-bond acceptors (Lipinski definition) is 4. The Kier molecular flexibility index (Phi) is 7.99. The summed E-state index contributed by atoms with van der Waals surface area (Å²) in [5.74, 6) is 0.332. The van der Waals surface area contributed by atoms with Crippen molar-refractivity contribution in [3.05, 3.63) is 29.3 Å².